The average molecular weight is 357 g/mol. The molecule has 23 heavy (non-hydrogen) atoms. The molecular weight excluding hydrogens is 342 g/mol. The lowest BCUT2D eigenvalue weighted by atomic mass is 10.3. The maximum Gasteiger partial charge on any atom is 0.316 e. The van der Waals surface area contributed by atoms with Gasteiger partial charge in [0.05, 0.1) is 19.5 Å². The molecule has 124 valence electrons. The Morgan fingerprint density at radius 3 is 2.91 bits per heavy atom. The highest BCUT2D eigenvalue weighted by Gasteiger charge is 2.18. The summed E-state index contributed by atoms with van der Waals surface area (Å²) in [4.78, 5) is 23.5. The van der Waals surface area contributed by atoms with E-state index in [4.69, 9.17) is 9.47 Å². The van der Waals surface area contributed by atoms with E-state index in [0.29, 0.717) is 21.6 Å². The molecule has 0 fully saturated rings. The zero-order chi connectivity index (χ0) is 16.8. The first-order valence-electron chi connectivity index (χ1n) is 6.54. The number of nitrogens with one attached hydrogen (secondary N) is 1. The van der Waals surface area contributed by atoms with E-state index in [1.54, 1.807) is 20.2 Å². The highest BCUT2D eigenvalue weighted by atomic mass is 32.2. The molecule has 0 atom stereocenters. The molecule has 2 heterocycles. The number of amides is 1. The van der Waals surface area contributed by atoms with Crippen molar-refractivity contribution in [2.24, 2.45) is 7.05 Å². The number of carbonyl (C=O) groups is 2. The van der Waals surface area contributed by atoms with Gasteiger partial charge in [-0.05, 0) is 6.92 Å². The van der Waals surface area contributed by atoms with Crippen LogP contribution in [-0.4, -0.2) is 51.3 Å². The summed E-state index contributed by atoms with van der Waals surface area (Å²) in [6, 6.07) is 0. The number of esters is 1. The van der Waals surface area contributed by atoms with E-state index in [2.05, 4.69) is 20.6 Å². The molecule has 11 heteroatoms. The van der Waals surface area contributed by atoms with E-state index < -0.39 is 5.91 Å². The monoisotopic (exact) mass is 357 g/mol. The van der Waals surface area contributed by atoms with Gasteiger partial charge >= 0.3 is 5.97 Å². The molecule has 0 spiro atoms. The second-order valence-electron chi connectivity index (χ2n) is 4.15. The van der Waals surface area contributed by atoms with Gasteiger partial charge in [0.15, 0.2) is 4.34 Å². The molecule has 0 aliphatic heterocycles. The summed E-state index contributed by atoms with van der Waals surface area (Å²) in [5, 5.41) is 14.7. The number of anilines is 1. The number of ether oxygens (including phenoxy) is 2. The normalized spacial score (nSPS) is 10.4. The molecule has 0 aromatic carbocycles. The molecular formula is C12H15N5O4S2. The number of aryl methyl sites for hydroxylation is 1. The summed E-state index contributed by atoms with van der Waals surface area (Å²) < 4.78 is 11.9. The number of thioether (sulfide) groups is 1. The number of rotatable bonds is 7. The van der Waals surface area contributed by atoms with E-state index in [9.17, 15) is 9.59 Å². The van der Waals surface area contributed by atoms with E-state index >= 15 is 0 Å². The van der Waals surface area contributed by atoms with Gasteiger partial charge in [-0.2, -0.15) is 0 Å². The molecule has 2 rings (SSSR count). The van der Waals surface area contributed by atoms with Crippen LogP contribution >= 0.6 is 23.1 Å². The first-order chi connectivity index (χ1) is 11.0. The lowest BCUT2D eigenvalue weighted by Crippen LogP contribution is -2.12. The molecule has 0 aliphatic rings. The fourth-order valence-electron chi connectivity index (χ4n) is 1.58. The summed E-state index contributed by atoms with van der Waals surface area (Å²) in [5.74, 6) is -0.342. The Kier molecular flexibility index (Phi) is 5.93. The van der Waals surface area contributed by atoms with Gasteiger partial charge in [-0.3, -0.25) is 19.6 Å². The maximum absolute atomic E-state index is 12.2. The molecule has 0 saturated carbocycles. The van der Waals surface area contributed by atoms with Gasteiger partial charge in [0.2, 0.25) is 11.0 Å². The van der Waals surface area contributed by atoms with Gasteiger partial charge in [0.25, 0.3) is 5.91 Å². The van der Waals surface area contributed by atoms with Gasteiger partial charge in [-0.15, -0.1) is 15.3 Å². The minimum Gasteiger partial charge on any atom is -0.479 e. The smallest absolute Gasteiger partial charge is 0.316 e. The van der Waals surface area contributed by atoms with Crippen LogP contribution in [-0.2, 0) is 16.6 Å². The number of aromatic nitrogens is 4. The first kappa shape index (κ1) is 17.2. The minimum absolute atomic E-state index is 0.146. The SMILES string of the molecule is CCOC(=O)CSc1nnc(NC(=O)c2cn(C)nc2OC)s1. The summed E-state index contributed by atoms with van der Waals surface area (Å²) >= 11 is 2.37. The lowest BCUT2D eigenvalue weighted by molar-refractivity contribution is -0.139. The zero-order valence-electron chi connectivity index (χ0n) is 12.7. The summed E-state index contributed by atoms with van der Waals surface area (Å²) in [6.45, 7) is 2.08. The number of carbonyl (C=O) groups excluding carboxylic acids is 2. The Balaban J connectivity index is 1.95. The van der Waals surface area contributed by atoms with Crippen molar-refractivity contribution in [2.75, 3.05) is 24.8 Å². The second kappa shape index (κ2) is 7.92. The van der Waals surface area contributed by atoms with E-state index in [1.165, 1.54) is 34.9 Å². The zero-order valence-corrected chi connectivity index (χ0v) is 14.4. The van der Waals surface area contributed by atoms with Crippen molar-refractivity contribution >= 4 is 40.1 Å². The Morgan fingerprint density at radius 1 is 1.43 bits per heavy atom. The molecule has 0 radical (unpaired) electrons. The molecule has 1 amide bonds. The lowest BCUT2D eigenvalue weighted by Gasteiger charge is -2.00. The number of hydrogen-bond donors (Lipinski definition) is 1. The molecule has 1 N–H and O–H groups in total. The quantitative estimate of drug-likeness (QED) is 0.447. The third-order valence-corrected chi connectivity index (χ3v) is 4.42. The Morgan fingerprint density at radius 2 is 2.22 bits per heavy atom. The third-order valence-electron chi connectivity index (χ3n) is 2.48. The molecule has 0 saturated heterocycles. The van der Waals surface area contributed by atoms with Crippen molar-refractivity contribution in [2.45, 2.75) is 11.3 Å². The summed E-state index contributed by atoms with van der Waals surface area (Å²) in [6.07, 6.45) is 1.55. The summed E-state index contributed by atoms with van der Waals surface area (Å²) in [7, 11) is 3.13. The van der Waals surface area contributed by atoms with E-state index in [-0.39, 0.29) is 17.6 Å². The second-order valence-corrected chi connectivity index (χ2v) is 6.35. The van der Waals surface area contributed by atoms with Gasteiger partial charge < -0.3 is 9.47 Å². The standard InChI is InChI=1S/C12H15N5O4S2/c1-4-21-8(18)6-22-12-15-14-11(23-12)13-9(19)7-5-17(2)16-10(7)20-3/h5H,4,6H2,1-3H3,(H,13,14,19). The van der Waals surface area contributed by atoms with Gasteiger partial charge in [0, 0.05) is 13.2 Å². The molecule has 2 aromatic rings. The van der Waals surface area contributed by atoms with E-state index in [1.807, 2.05) is 0 Å². The fourth-order valence-corrected chi connectivity index (χ4v) is 3.13. The first-order valence-corrected chi connectivity index (χ1v) is 8.34. The average Bonchev–Trinajstić information content (AvgIpc) is 3.11. The van der Waals surface area contributed by atoms with Crippen molar-refractivity contribution in [1.29, 1.82) is 0 Å². The van der Waals surface area contributed by atoms with Crippen LogP contribution in [0.25, 0.3) is 0 Å². The van der Waals surface area contributed by atoms with Crippen LogP contribution in [0.5, 0.6) is 5.88 Å². The maximum atomic E-state index is 12.2. The molecule has 9 nitrogen and oxygen atoms in total. The third kappa shape index (κ3) is 4.66. The number of nitrogens with zero attached hydrogens (tertiary/aromatic N) is 4. The predicted molar refractivity (Wildman–Crippen MR) is 85.0 cm³/mol. The fraction of sp³-hybridized carbons (Fsp3) is 0.417. The molecule has 2 aromatic heterocycles. The topological polar surface area (TPSA) is 108 Å². The van der Waals surface area contributed by atoms with Crippen LogP contribution in [0.15, 0.2) is 10.5 Å². The highest BCUT2D eigenvalue weighted by Crippen LogP contribution is 2.26. The minimum atomic E-state index is -0.395. The van der Waals surface area contributed by atoms with Gasteiger partial charge in [0.1, 0.15) is 5.56 Å². The Bertz CT molecular complexity index is 699. The number of hydrogen-bond acceptors (Lipinski definition) is 9. The van der Waals surface area contributed by atoms with Crippen molar-refractivity contribution in [1.82, 2.24) is 20.0 Å². The predicted octanol–water partition coefficient (Wildman–Crippen LogP) is 1.19. The van der Waals surface area contributed by atoms with E-state index in [0.717, 1.165) is 0 Å². The highest BCUT2D eigenvalue weighted by molar-refractivity contribution is 8.01. The summed E-state index contributed by atoms with van der Waals surface area (Å²) in [5.41, 5.74) is 0.297. The molecule has 0 unspecified atom stereocenters. The van der Waals surface area contributed by atoms with Gasteiger partial charge in [-0.1, -0.05) is 23.1 Å². The van der Waals surface area contributed by atoms with Crippen molar-refractivity contribution in [3.63, 3.8) is 0 Å². The Hall–Kier alpha value is -2.14. The van der Waals surface area contributed by atoms with Crippen molar-refractivity contribution in [3.8, 4) is 5.88 Å². The van der Waals surface area contributed by atoms with Crippen molar-refractivity contribution in [3.05, 3.63) is 11.8 Å². The molecule has 0 aliphatic carbocycles. The Labute approximate surface area is 140 Å². The van der Waals surface area contributed by atoms with Gasteiger partial charge in [-0.25, -0.2) is 0 Å². The van der Waals surface area contributed by atoms with Crippen LogP contribution in [0, 0.1) is 0 Å². The number of methoxy groups -OCH3 is 1. The van der Waals surface area contributed by atoms with Crippen LogP contribution in [0.1, 0.15) is 17.3 Å². The molecule has 0 bridgehead atoms. The van der Waals surface area contributed by atoms with Crippen LogP contribution in [0.2, 0.25) is 0 Å². The van der Waals surface area contributed by atoms with Crippen LogP contribution in [0.4, 0.5) is 5.13 Å². The largest absolute Gasteiger partial charge is 0.479 e. The van der Waals surface area contributed by atoms with Crippen LogP contribution < -0.4 is 10.1 Å². The van der Waals surface area contributed by atoms with Crippen molar-refractivity contribution < 1.29 is 19.1 Å². The van der Waals surface area contributed by atoms with Crippen LogP contribution in [0.3, 0.4) is 0 Å².